The van der Waals surface area contributed by atoms with Crippen molar-refractivity contribution in [3.8, 4) is 0 Å². The predicted octanol–water partition coefficient (Wildman–Crippen LogP) is 4.43. The van der Waals surface area contributed by atoms with E-state index in [1.54, 1.807) is 24.4 Å². The summed E-state index contributed by atoms with van der Waals surface area (Å²) >= 11 is 0. The molecule has 0 aliphatic carbocycles. The van der Waals surface area contributed by atoms with Gasteiger partial charge in [0.1, 0.15) is 5.69 Å². The Bertz CT molecular complexity index is 945. The molecule has 0 amide bonds. The molecule has 1 N–H and O–H groups in total. The number of pyridine rings is 1. The number of fused-ring (bicyclic) bond motifs is 1. The number of nitrogens with zero attached hydrogens (tertiary/aromatic N) is 1. The van der Waals surface area contributed by atoms with E-state index in [-0.39, 0.29) is 18.6 Å². The molecule has 0 aliphatic heterocycles. The molecule has 0 saturated heterocycles. The van der Waals surface area contributed by atoms with Crippen LogP contribution < -0.4 is 0 Å². The summed E-state index contributed by atoms with van der Waals surface area (Å²) in [4.78, 5) is 30.9. The standard InChI is InChI=1S/C18H13F3N2O2/c19-18(20,21)13-5-3-9-22-17(13)16(25)8-7-15(24)12-10-23-14-6-2-1-4-11(12)14/h1-6,9-10,23H,7-8H2. The Hall–Kier alpha value is -2.96. The van der Waals surface area contributed by atoms with E-state index < -0.39 is 23.2 Å². The normalized spacial score (nSPS) is 11.6. The fraction of sp³-hybridized carbons (Fsp3) is 0.167. The molecule has 0 saturated carbocycles. The van der Waals surface area contributed by atoms with E-state index in [1.165, 1.54) is 0 Å². The number of alkyl halides is 3. The lowest BCUT2D eigenvalue weighted by atomic mass is 10.0. The van der Waals surface area contributed by atoms with Gasteiger partial charge in [0.2, 0.25) is 0 Å². The molecule has 2 heterocycles. The van der Waals surface area contributed by atoms with Gasteiger partial charge in [0.05, 0.1) is 5.56 Å². The molecule has 7 heteroatoms. The van der Waals surface area contributed by atoms with E-state index in [0.29, 0.717) is 10.9 Å². The van der Waals surface area contributed by atoms with Gasteiger partial charge in [0, 0.05) is 41.7 Å². The number of benzene rings is 1. The molecule has 25 heavy (non-hydrogen) atoms. The van der Waals surface area contributed by atoms with E-state index in [0.717, 1.165) is 23.8 Å². The predicted molar refractivity (Wildman–Crippen MR) is 85.4 cm³/mol. The summed E-state index contributed by atoms with van der Waals surface area (Å²) in [6, 6.07) is 9.10. The molecule has 0 bridgehead atoms. The molecule has 3 aromatic rings. The lowest BCUT2D eigenvalue weighted by Gasteiger charge is -2.10. The second-order valence-corrected chi connectivity index (χ2v) is 5.49. The molecule has 0 unspecified atom stereocenters. The monoisotopic (exact) mass is 346 g/mol. The van der Waals surface area contributed by atoms with Crippen LogP contribution in [-0.4, -0.2) is 21.5 Å². The van der Waals surface area contributed by atoms with Crippen LogP contribution in [0.2, 0.25) is 0 Å². The van der Waals surface area contributed by atoms with Crippen molar-refractivity contribution < 1.29 is 22.8 Å². The zero-order valence-electron chi connectivity index (χ0n) is 12.9. The summed E-state index contributed by atoms with van der Waals surface area (Å²) in [6.45, 7) is 0. The van der Waals surface area contributed by atoms with E-state index in [4.69, 9.17) is 0 Å². The van der Waals surface area contributed by atoms with Crippen LogP contribution in [0.15, 0.2) is 48.8 Å². The van der Waals surface area contributed by atoms with Crippen molar-refractivity contribution in [2.45, 2.75) is 19.0 Å². The number of H-pyrrole nitrogens is 1. The number of carbonyl (C=O) groups excluding carboxylic acids is 2. The fourth-order valence-electron chi connectivity index (χ4n) is 2.64. The SMILES string of the molecule is O=C(CCC(=O)c1c[nH]c2ccccc12)c1ncccc1C(F)(F)F. The van der Waals surface area contributed by atoms with Crippen molar-refractivity contribution in [2.24, 2.45) is 0 Å². The van der Waals surface area contributed by atoms with E-state index in [2.05, 4.69) is 9.97 Å². The summed E-state index contributed by atoms with van der Waals surface area (Å²) in [5, 5.41) is 0.716. The molecule has 0 aliphatic rings. The highest BCUT2D eigenvalue weighted by atomic mass is 19.4. The van der Waals surface area contributed by atoms with Crippen molar-refractivity contribution in [1.82, 2.24) is 9.97 Å². The Labute approximate surface area is 140 Å². The number of hydrogen-bond donors (Lipinski definition) is 1. The minimum Gasteiger partial charge on any atom is -0.360 e. The molecule has 0 radical (unpaired) electrons. The first-order chi connectivity index (χ1) is 11.9. The van der Waals surface area contributed by atoms with Gasteiger partial charge in [-0.15, -0.1) is 0 Å². The number of ketones is 2. The maximum atomic E-state index is 12.9. The average molecular weight is 346 g/mol. The lowest BCUT2D eigenvalue weighted by molar-refractivity contribution is -0.138. The topological polar surface area (TPSA) is 62.8 Å². The molecule has 0 atom stereocenters. The summed E-state index contributed by atoms with van der Waals surface area (Å²) in [5.41, 5.74) is -0.539. The van der Waals surface area contributed by atoms with Crippen LogP contribution in [0.25, 0.3) is 10.9 Å². The van der Waals surface area contributed by atoms with Gasteiger partial charge < -0.3 is 4.98 Å². The molecule has 0 fully saturated rings. The molecular formula is C18H13F3N2O2. The van der Waals surface area contributed by atoms with Gasteiger partial charge in [-0.2, -0.15) is 13.2 Å². The number of aromatic amines is 1. The molecule has 2 aromatic heterocycles. The third kappa shape index (κ3) is 3.45. The maximum Gasteiger partial charge on any atom is 0.418 e. The highest BCUT2D eigenvalue weighted by Gasteiger charge is 2.35. The second-order valence-electron chi connectivity index (χ2n) is 5.49. The minimum atomic E-state index is -4.67. The van der Waals surface area contributed by atoms with Crippen LogP contribution in [0.3, 0.4) is 0 Å². The number of para-hydroxylation sites is 1. The van der Waals surface area contributed by atoms with E-state index in [9.17, 15) is 22.8 Å². The van der Waals surface area contributed by atoms with Crippen molar-refractivity contribution >= 4 is 22.5 Å². The Balaban J connectivity index is 1.76. The first-order valence-corrected chi connectivity index (χ1v) is 7.52. The van der Waals surface area contributed by atoms with Gasteiger partial charge in [-0.3, -0.25) is 14.6 Å². The third-order valence-corrected chi connectivity index (χ3v) is 3.85. The quantitative estimate of drug-likeness (QED) is 0.695. The van der Waals surface area contributed by atoms with Crippen molar-refractivity contribution in [1.29, 1.82) is 0 Å². The lowest BCUT2D eigenvalue weighted by Crippen LogP contribution is -2.15. The summed E-state index contributed by atoms with van der Waals surface area (Å²) in [5.74, 6) is -1.11. The smallest absolute Gasteiger partial charge is 0.360 e. The van der Waals surface area contributed by atoms with Crippen LogP contribution >= 0.6 is 0 Å². The van der Waals surface area contributed by atoms with Crippen LogP contribution in [0.4, 0.5) is 13.2 Å². The number of carbonyl (C=O) groups is 2. The number of aromatic nitrogens is 2. The van der Waals surface area contributed by atoms with Gasteiger partial charge in [-0.25, -0.2) is 0 Å². The average Bonchev–Trinajstić information content (AvgIpc) is 3.03. The zero-order valence-corrected chi connectivity index (χ0v) is 12.9. The molecule has 1 aromatic carbocycles. The molecular weight excluding hydrogens is 333 g/mol. The van der Waals surface area contributed by atoms with Gasteiger partial charge in [0.15, 0.2) is 11.6 Å². The minimum absolute atomic E-state index is 0.186. The largest absolute Gasteiger partial charge is 0.418 e. The number of hydrogen-bond acceptors (Lipinski definition) is 3. The Kier molecular flexibility index (Phi) is 4.39. The van der Waals surface area contributed by atoms with Crippen molar-refractivity contribution in [3.63, 3.8) is 0 Å². The number of Topliss-reactive ketones (excluding diaryl/α,β-unsaturated/α-hetero) is 2. The fourth-order valence-corrected chi connectivity index (χ4v) is 2.64. The van der Waals surface area contributed by atoms with Crippen LogP contribution in [0, 0.1) is 0 Å². The van der Waals surface area contributed by atoms with Crippen LogP contribution in [0.1, 0.15) is 39.3 Å². The summed E-state index contributed by atoms with van der Waals surface area (Å²) in [7, 11) is 0. The molecule has 128 valence electrons. The first kappa shape index (κ1) is 16.9. The summed E-state index contributed by atoms with van der Waals surface area (Å²) < 4.78 is 38.8. The maximum absolute atomic E-state index is 12.9. The molecule has 4 nitrogen and oxygen atoms in total. The third-order valence-electron chi connectivity index (χ3n) is 3.85. The molecule has 0 spiro atoms. The zero-order chi connectivity index (χ0) is 18.0. The van der Waals surface area contributed by atoms with Gasteiger partial charge >= 0.3 is 6.18 Å². The van der Waals surface area contributed by atoms with Crippen LogP contribution in [-0.2, 0) is 6.18 Å². The second kappa shape index (κ2) is 6.51. The Morgan fingerprint density at radius 1 is 1.00 bits per heavy atom. The highest BCUT2D eigenvalue weighted by Crippen LogP contribution is 2.31. The van der Waals surface area contributed by atoms with E-state index >= 15 is 0 Å². The van der Waals surface area contributed by atoms with Gasteiger partial charge in [-0.05, 0) is 18.2 Å². The number of halogens is 3. The van der Waals surface area contributed by atoms with Gasteiger partial charge in [0.25, 0.3) is 0 Å². The summed E-state index contributed by atoms with van der Waals surface area (Å²) in [6.07, 6.45) is -2.52. The number of rotatable bonds is 5. The van der Waals surface area contributed by atoms with Crippen molar-refractivity contribution in [3.05, 3.63) is 65.6 Å². The Morgan fingerprint density at radius 3 is 2.48 bits per heavy atom. The molecule has 3 rings (SSSR count). The highest BCUT2D eigenvalue weighted by molar-refractivity contribution is 6.09. The van der Waals surface area contributed by atoms with Crippen molar-refractivity contribution in [2.75, 3.05) is 0 Å². The number of nitrogens with one attached hydrogen (secondary N) is 1. The van der Waals surface area contributed by atoms with Crippen LogP contribution in [0.5, 0.6) is 0 Å². The van der Waals surface area contributed by atoms with Gasteiger partial charge in [-0.1, -0.05) is 18.2 Å². The Morgan fingerprint density at radius 2 is 1.72 bits per heavy atom. The first-order valence-electron chi connectivity index (χ1n) is 7.52. The van der Waals surface area contributed by atoms with E-state index in [1.807, 2.05) is 6.07 Å².